The first-order valence-electron chi connectivity index (χ1n) is 4.80. The molecule has 2 aromatic heterocycles. The molecule has 5 nitrogen and oxygen atoms in total. The summed E-state index contributed by atoms with van der Waals surface area (Å²) < 4.78 is 0. The van der Waals surface area contributed by atoms with E-state index in [1.807, 2.05) is 6.92 Å². The molecular formula is C9H11N5. The monoisotopic (exact) mass is 189 g/mol. The van der Waals surface area contributed by atoms with Crippen LogP contribution in [0.1, 0.15) is 17.9 Å². The van der Waals surface area contributed by atoms with Gasteiger partial charge in [-0.1, -0.05) is 0 Å². The lowest BCUT2D eigenvalue weighted by Crippen LogP contribution is -2.03. The highest BCUT2D eigenvalue weighted by molar-refractivity contribution is 5.89. The topological polar surface area (TPSA) is 66.5 Å². The number of nitrogens with one attached hydrogen (secondary N) is 2. The van der Waals surface area contributed by atoms with Crippen molar-refractivity contribution in [2.45, 2.75) is 19.8 Å². The fourth-order valence-corrected chi connectivity index (χ4v) is 1.87. The Morgan fingerprint density at radius 2 is 2.21 bits per heavy atom. The number of aromatic nitrogens is 4. The molecule has 0 amide bonds. The van der Waals surface area contributed by atoms with Gasteiger partial charge in [-0.25, -0.2) is 9.97 Å². The van der Waals surface area contributed by atoms with Crippen LogP contribution < -0.4 is 5.32 Å². The lowest BCUT2D eigenvalue weighted by Gasteiger charge is -2.02. The van der Waals surface area contributed by atoms with Crippen molar-refractivity contribution in [2.75, 3.05) is 11.9 Å². The summed E-state index contributed by atoms with van der Waals surface area (Å²) in [6, 6.07) is 0. The molecule has 0 spiro atoms. The molecule has 14 heavy (non-hydrogen) atoms. The Morgan fingerprint density at radius 3 is 3.14 bits per heavy atom. The zero-order valence-corrected chi connectivity index (χ0v) is 7.96. The minimum Gasteiger partial charge on any atom is -0.369 e. The SMILES string of the molecule is Cc1nc2c3c([nH]nc3n1)CCCN2. The van der Waals surface area contributed by atoms with Crippen LogP contribution in [0.15, 0.2) is 0 Å². The maximum atomic E-state index is 4.38. The standard InChI is InChI=1S/C9H11N5/c1-5-11-8-7-6(3-2-4-10-8)13-14-9(7)12-5/h2-4H2,1H3,(H2,10,11,12,13,14). The predicted molar refractivity (Wildman–Crippen MR) is 53.2 cm³/mol. The predicted octanol–water partition coefficient (Wildman–Crippen LogP) is 1.02. The van der Waals surface area contributed by atoms with Crippen molar-refractivity contribution in [3.05, 3.63) is 11.5 Å². The van der Waals surface area contributed by atoms with Crippen molar-refractivity contribution < 1.29 is 0 Å². The van der Waals surface area contributed by atoms with Crippen molar-refractivity contribution in [3.8, 4) is 0 Å². The summed E-state index contributed by atoms with van der Waals surface area (Å²) in [5.41, 5.74) is 1.93. The van der Waals surface area contributed by atoms with Crippen LogP contribution in [0.3, 0.4) is 0 Å². The third kappa shape index (κ3) is 0.982. The first-order valence-corrected chi connectivity index (χ1v) is 4.80. The van der Waals surface area contributed by atoms with Gasteiger partial charge in [-0.05, 0) is 19.8 Å². The Hall–Kier alpha value is -1.65. The number of hydrogen-bond donors (Lipinski definition) is 2. The quantitative estimate of drug-likeness (QED) is 0.649. The normalized spacial score (nSPS) is 15.2. The van der Waals surface area contributed by atoms with E-state index < -0.39 is 0 Å². The highest BCUT2D eigenvalue weighted by Crippen LogP contribution is 2.25. The Morgan fingerprint density at radius 1 is 1.29 bits per heavy atom. The molecule has 0 bridgehead atoms. The molecule has 5 heteroatoms. The molecule has 0 atom stereocenters. The van der Waals surface area contributed by atoms with Crippen molar-refractivity contribution in [1.29, 1.82) is 0 Å². The molecule has 2 aromatic rings. The molecule has 0 saturated carbocycles. The van der Waals surface area contributed by atoms with Gasteiger partial charge in [0.15, 0.2) is 5.65 Å². The molecule has 3 rings (SSSR count). The van der Waals surface area contributed by atoms with E-state index in [0.29, 0.717) is 0 Å². The first kappa shape index (κ1) is 7.73. The fraction of sp³-hybridized carbons (Fsp3) is 0.444. The molecule has 0 aromatic carbocycles. The van der Waals surface area contributed by atoms with Gasteiger partial charge in [0.1, 0.15) is 11.6 Å². The number of rotatable bonds is 0. The number of aryl methyl sites for hydroxylation is 2. The summed E-state index contributed by atoms with van der Waals surface area (Å²) in [6.07, 6.45) is 2.12. The minimum absolute atomic E-state index is 0.764. The zero-order valence-electron chi connectivity index (χ0n) is 7.96. The highest BCUT2D eigenvalue weighted by atomic mass is 15.2. The maximum absolute atomic E-state index is 4.38. The van der Waals surface area contributed by atoms with Gasteiger partial charge in [-0.2, -0.15) is 5.10 Å². The summed E-state index contributed by atoms with van der Waals surface area (Å²) in [4.78, 5) is 8.67. The lowest BCUT2D eigenvalue weighted by molar-refractivity contribution is 0.836. The van der Waals surface area contributed by atoms with E-state index in [9.17, 15) is 0 Å². The number of H-pyrrole nitrogens is 1. The molecule has 1 aliphatic heterocycles. The van der Waals surface area contributed by atoms with E-state index in [1.165, 1.54) is 0 Å². The highest BCUT2D eigenvalue weighted by Gasteiger charge is 2.15. The van der Waals surface area contributed by atoms with Gasteiger partial charge in [0, 0.05) is 12.2 Å². The van der Waals surface area contributed by atoms with Crippen molar-refractivity contribution in [1.82, 2.24) is 20.2 Å². The molecule has 0 unspecified atom stereocenters. The van der Waals surface area contributed by atoms with Gasteiger partial charge in [0.05, 0.1) is 5.39 Å². The van der Waals surface area contributed by atoms with Gasteiger partial charge in [0.2, 0.25) is 0 Å². The first-order chi connectivity index (χ1) is 6.84. The Labute approximate surface area is 81.0 Å². The second-order valence-electron chi connectivity index (χ2n) is 3.55. The van der Waals surface area contributed by atoms with E-state index >= 15 is 0 Å². The second kappa shape index (κ2) is 2.67. The van der Waals surface area contributed by atoms with E-state index in [4.69, 9.17) is 0 Å². The number of hydrogen-bond acceptors (Lipinski definition) is 4. The maximum Gasteiger partial charge on any atom is 0.186 e. The minimum atomic E-state index is 0.764. The molecule has 0 fully saturated rings. The second-order valence-corrected chi connectivity index (χ2v) is 3.55. The summed E-state index contributed by atoms with van der Waals surface area (Å²) >= 11 is 0. The van der Waals surface area contributed by atoms with Crippen molar-refractivity contribution in [3.63, 3.8) is 0 Å². The summed E-state index contributed by atoms with van der Waals surface area (Å²) in [5, 5.41) is 11.6. The lowest BCUT2D eigenvalue weighted by atomic mass is 10.2. The fourth-order valence-electron chi connectivity index (χ4n) is 1.87. The molecule has 0 radical (unpaired) electrons. The zero-order chi connectivity index (χ0) is 9.54. The van der Waals surface area contributed by atoms with E-state index in [2.05, 4.69) is 25.5 Å². The molecule has 3 heterocycles. The molecule has 0 aliphatic carbocycles. The van der Waals surface area contributed by atoms with E-state index in [-0.39, 0.29) is 0 Å². The van der Waals surface area contributed by atoms with Gasteiger partial charge in [0.25, 0.3) is 0 Å². The number of nitrogens with zero attached hydrogens (tertiary/aromatic N) is 3. The molecule has 2 N–H and O–H groups in total. The summed E-state index contributed by atoms with van der Waals surface area (Å²) in [7, 11) is 0. The van der Waals surface area contributed by atoms with Gasteiger partial charge >= 0.3 is 0 Å². The summed E-state index contributed by atoms with van der Waals surface area (Å²) in [6.45, 7) is 2.85. The number of aromatic amines is 1. The van der Waals surface area contributed by atoms with Crippen LogP contribution in [-0.2, 0) is 6.42 Å². The van der Waals surface area contributed by atoms with Gasteiger partial charge in [-0.15, -0.1) is 0 Å². The van der Waals surface area contributed by atoms with Crippen LogP contribution in [0.4, 0.5) is 5.82 Å². The average molecular weight is 189 g/mol. The Balaban J connectivity index is 2.39. The third-order valence-electron chi connectivity index (χ3n) is 2.50. The molecular weight excluding hydrogens is 178 g/mol. The van der Waals surface area contributed by atoms with Gasteiger partial charge < -0.3 is 5.32 Å². The van der Waals surface area contributed by atoms with Crippen molar-refractivity contribution in [2.24, 2.45) is 0 Å². The number of anilines is 1. The average Bonchev–Trinajstić information content (AvgIpc) is 2.43. The summed E-state index contributed by atoms with van der Waals surface area (Å²) in [5.74, 6) is 1.69. The molecule has 72 valence electrons. The van der Waals surface area contributed by atoms with Gasteiger partial charge in [-0.3, -0.25) is 5.10 Å². The van der Waals surface area contributed by atoms with Crippen LogP contribution in [0.2, 0.25) is 0 Å². The van der Waals surface area contributed by atoms with Crippen LogP contribution in [0.5, 0.6) is 0 Å². The molecule has 1 aliphatic rings. The van der Waals surface area contributed by atoms with Crippen LogP contribution >= 0.6 is 0 Å². The smallest absolute Gasteiger partial charge is 0.186 e. The third-order valence-corrected chi connectivity index (χ3v) is 2.50. The van der Waals surface area contributed by atoms with Crippen LogP contribution in [-0.4, -0.2) is 26.7 Å². The van der Waals surface area contributed by atoms with Crippen LogP contribution in [0, 0.1) is 6.92 Å². The Bertz CT molecular complexity index is 487. The Kier molecular flexibility index (Phi) is 1.47. The van der Waals surface area contributed by atoms with E-state index in [0.717, 1.165) is 47.8 Å². The molecule has 0 saturated heterocycles. The van der Waals surface area contributed by atoms with Crippen molar-refractivity contribution >= 4 is 16.9 Å². The largest absolute Gasteiger partial charge is 0.369 e. The van der Waals surface area contributed by atoms with E-state index in [1.54, 1.807) is 0 Å². The van der Waals surface area contributed by atoms with Crippen LogP contribution in [0.25, 0.3) is 11.0 Å².